The zero-order valence-electron chi connectivity index (χ0n) is 12.1. The van der Waals surface area contributed by atoms with Gasteiger partial charge < -0.3 is 14.8 Å². The Balaban J connectivity index is 2.63. The van der Waals surface area contributed by atoms with Crippen LogP contribution >= 0.6 is 0 Å². The van der Waals surface area contributed by atoms with Gasteiger partial charge in [-0.3, -0.25) is 0 Å². The maximum atomic E-state index is 5.53. The first kappa shape index (κ1) is 15.5. The minimum atomic E-state index is 0.318. The van der Waals surface area contributed by atoms with E-state index in [9.17, 15) is 0 Å². The highest BCUT2D eigenvalue weighted by Crippen LogP contribution is 2.13. The molecule has 108 valence electrons. The van der Waals surface area contributed by atoms with E-state index in [1.165, 1.54) is 0 Å². The van der Waals surface area contributed by atoms with Crippen LogP contribution < -0.4 is 14.8 Å². The molecule has 1 heterocycles. The Bertz CT molecular complexity index is 360. The molecule has 1 N–H and O–H groups in total. The summed E-state index contributed by atoms with van der Waals surface area (Å²) in [6.07, 6.45) is 4.22. The lowest BCUT2D eigenvalue weighted by Crippen LogP contribution is -2.10. The van der Waals surface area contributed by atoms with Gasteiger partial charge in [-0.15, -0.1) is 4.98 Å². The van der Waals surface area contributed by atoms with Gasteiger partial charge in [-0.25, -0.2) is 0 Å². The van der Waals surface area contributed by atoms with Gasteiger partial charge in [-0.2, -0.15) is 9.97 Å². The third-order valence-electron chi connectivity index (χ3n) is 2.34. The number of nitrogens with one attached hydrogen (secondary N) is 1. The lowest BCUT2D eigenvalue weighted by Gasteiger charge is -2.09. The predicted octanol–water partition coefficient (Wildman–Crippen LogP) is 2.66. The SMILES string of the molecule is CCCCCOc1nc(NCC)nc(OCCC)n1. The summed E-state index contributed by atoms with van der Waals surface area (Å²) in [4.78, 5) is 12.5. The summed E-state index contributed by atoms with van der Waals surface area (Å²) in [5.41, 5.74) is 0. The van der Waals surface area contributed by atoms with E-state index in [-0.39, 0.29) is 0 Å². The van der Waals surface area contributed by atoms with Crippen molar-refractivity contribution in [1.29, 1.82) is 0 Å². The van der Waals surface area contributed by atoms with Crippen LogP contribution in [0.4, 0.5) is 5.95 Å². The van der Waals surface area contributed by atoms with Crippen molar-refractivity contribution in [2.75, 3.05) is 25.1 Å². The lowest BCUT2D eigenvalue weighted by atomic mass is 10.3. The van der Waals surface area contributed by atoms with Crippen molar-refractivity contribution in [1.82, 2.24) is 15.0 Å². The van der Waals surface area contributed by atoms with Gasteiger partial charge in [-0.05, 0) is 19.8 Å². The van der Waals surface area contributed by atoms with Crippen molar-refractivity contribution in [2.24, 2.45) is 0 Å². The van der Waals surface area contributed by atoms with Crippen LogP contribution in [0.5, 0.6) is 12.0 Å². The van der Waals surface area contributed by atoms with Gasteiger partial charge in [0.1, 0.15) is 0 Å². The molecule has 6 nitrogen and oxygen atoms in total. The largest absolute Gasteiger partial charge is 0.463 e. The molecule has 0 aliphatic rings. The first-order chi connectivity index (χ1) is 9.30. The second-order valence-electron chi connectivity index (χ2n) is 4.16. The molecule has 0 radical (unpaired) electrons. The smallest absolute Gasteiger partial charge is 0.324 e. The van der Waals surface area contributed by atoms with Crippen LogP contribution in [0.1, 0.15) is 46.5 Å². The summed E-state index contributed by atoms with van der Waals surface area (Å²) in [6, 6.07) is 0.645. The Hall–Kier alpha value is -1.59. The minimum Gasteiger partial charge on any atom is -0.463 e. The summed E-state index contributed by atoms with van der Waals surface area (Å²) in [5, 5.41) is 3.04. The van der Waals surface area contributed by atoms with Crippen LogP contribution in [0.25, 0.3) is 0 Å². The van der Waals surface area contributed by atoms with Crippen LogP contribution in [0.15, 0.2) is 0 Å². The molecule has 0 unspecified atom stereocenters. The molecule has 0 atom stereocenters. The molecule has 0 saturated heterocycles. The van der Waals surface area contributed by atoms with E-state index >= 15 is 0 Å². The van der Waals surface area contributed by atoms with Gasteiger partial charge in [0.05, 0.1) is 13.2 Å². The highest BCUT2D eigenvalue weighted by Gasteiger charge is 2.07. The predicted molar refractivity (Wildman–Crippen MR) is 74.8 cm³/mol. The maximum absolute atomic E-state index is 5.53. The van der Waals surface area contributed by atoms with Crippen molar-refractivity contribution in [3.8, 4) is 12.0 Å². The number of aromatic nitrogens is 3. The topological polar surface area (TPSA) is 69.2 Å². The van der Waals surface area contributed by atoms with Crippen molar-refractivity contribution in [3.63, 3.8) is 0 Å². The van der Waals surface area contributed by atoms with Gasteiger partial charge >= 0.3 is 12.0 Å². The normalized spacial score (nSPS) is 10.3. The molecule has 1 aromatic rings. The number of rotatable bonds is 10. The first-order valence-electron chi connectivity index (χ1n) is 7.05. The van der Waals surface area contributed by atoms with E-state index in [1.807, 2.05) is 13.8 Å². The molecular formula is C13H24N4O2. The van der Waals surface area contributed by atoms with Crippen LogP contribution in [0.2, 0.25) is 0 Å². The molecule has 0 amide bonds. The highest BCUT2D eigenvalue weighted by atomic mass is 16.5. The first-order valence-corrected chi connectivity index (χ1v) is 7.05. The van der Waals surface area contributed by atoms with E-state index < -0.39 is 0 Å². The van der Waals surface area contributed by atoms with Gasteiger partial charge in [0.2, 0.25) is 5.95 Å². The molecule has 0 saturated carbocycles. The van der Waals surface area contributed by atoms with Crippen molar-refractivity contribution < 1.29 is 9.47 Å². The second kappa shape index (κ2) is 9.35. The molecule has 1 aromatic heterocycles. The Kier molecular flexibility index (Phi) is 7.62. The summed E-state index contributed by atoms with van der Waals surface area (Å²) in [7, 11) is 0. The van der Waals surface area contributed by atoms with Gasteiger partial charge in [-0.1, -0.05) is 26.7 Å². The molecule has 19 heavy (non-hydrogen) atoms. The zero-order valence-corrected chi connectivity index (χ0v) is 12.1. The van der Waals surface area contributed by atoms with Gasteiger partial charge in [0, 0.05) is 6.54 Å². The fraction of sp³-hybridized carbons (Fsp3) is 0.769. The van der Waals surface area contributed by atoms with Crippen LogP contribution in [0, 0.1) is 0 Å². The maximum Gasteiger partial charge on any atom is 0.324 e. The number of hydrogen-bond donors (Lipinski definition) is 1. The van der Waals surface area contributed by atoms with Gasteiger partial charge in [0.25, 0.3) is 0 Å². The summed E-state index contributed by atoms with van der Waals surface area (Å²) in [6.45, 7) is 8.13. The van der Waals surface area contributed by atoms with E-state index in [0.717, 1.165) is 32.2 Å². The Morgan fingerprint density at radius 2 is 1.53 bits per heavy atom. The Labute approximate surface area is 115 Å². The molecule has 0 aromatic carbocycles. The van der Waals surface area contributed by atoms with Crippen LogP contribution in [-0.4, -0.2) is 34.7 Å². The van der Waals surface area contributed by atoms with Crippen LogP contribution in [-0.2, 0) is 0 Å². The Morgan fingerprint density at radius 3 is 2.11 bits per heavy atom. The van der Waals surface area contributed by atoms with Gasteiger partial charge in [0.15, 0.2) is 0 Å². The third kappa shape index (κ3) is 6.22. The fourth-order valence-corrected chi connectivity index (χ4v) is 1.41. The number of unbranched alkanes of at least 4 members (excludes halogenated alkanes) is 2. The zero-order chi connectivity index (χ0) is 13.9. The lowest BCUT2D eigenvalue weighted by molar-refractivity contribution is 0.258. The highest BCUT2D eigenvalue weighted by molar-refractivity contribution is 5.27. The number of ether oxygens (including phenoxy) is 2. The average molecular weight is 268 g/mol. The van der Waals surface area contributed by atoms with E-state index in [4.69, 9.17) is 9.47 Å². The Morgan fingerprint density at radius 1 is 0.842 bits per heavy atom. The quantitative estimate of drug-likeness (QED) is 0.658. The van der Waals surface area contributed by atoms with Crippen LogP contribution in [0.3, 0.4) is 0 Å². The summed E-state index contributed by atoms with van der Waals surface area (Å²) < 4.78 is 11.0. The van der Waals surface area contributed by atoms with E-state index in [0.29, 0.717) is 31.2 Å². The number of hydrogen-bond acceptors (Lipinski definition) is 6. The van der Waals surface area contributed by atoms with E-state index in [1.54, 1.807) is 0 Å². The number of anilines is 1. The van der Waals surface area contributed by atoms with Crippen molar-refractivity contribution in [3.05, 3.63) is 0 Å². The summed E-state index contributed by atoms with van der Waals surface area (Å²) in [5.74, 6) is 0.495. The fourth-order valence-electron chi connectivity index (χ4n) is 1.41. The molecular weight excluding hydrogens is 244 g/mol. The molecule has 0 fully saturated rings. The molecule has 0 bridgehead atoms. The van der Waals surface area contributed by atoms with E-state index in [2.05, 4.69) is 27.2 Å². The monoisotopic (exact) mass is 268 g/mol. The minimum absolute atomic E-state index is 0.318. The van der Waals surface area contributed by atoms with Crippen molar-refractivity contribution >= 4 is 5.95 Å². The van der Waals surface area contributed by atoms with Crippen molar-refractivity contribution in [2.45, 2.75) is 46.5 Å². The molecule has 1 rings (SSSR count). The molecule has 6 heteroatoms. The molecule has 0 aliphatic heterocycles. The average Bonchev–Trinajstić information content (AvgIpc) is 2.42. The standard InChI is InChI=1S/C13H24N4O2/c1-4-7-8-10-19-13-16-11(14-6-3)15-12(17-13)18-9-5-2/h4-10H2,1-3H3,(H,14,15,16,17). The molecule has 0 aliphatic carbocycles. The number of nitrogens with zero attached hydrogens (tertiary/aromatic N) is 3. The third-order valence-corrected chi connectivity index (χ3v) is 2.34. The molecule has 0 spiro atoms. The second-order valence-corrected chi connectivity index (χ2v) is 4.16. The summed E-state index contributed by atoms with van der Waals surface area (Å²) >= 11 is 0.